The summed E-state index contributed by atoms with van der Waals surface area (Å²) >= 11 is 0. The fourth-order valence-corrected chi connectivity index (χ4v) is 3.69. The largest absolute Gasteiger partial charge is 0.497 e. The van der Waals surface area contributed by atoms with Crippen molar-refractivity contribution in [2.75, 3.05) is 33.3 Å². The SMILES string of the molecule is COc1ccc(CCNC(=O)CN2CCC3(CCC(=O)N3)CC2)cc1. The number of amides is 2. The number of rotatable bonds is 6. The van der Waals surface area contributed by atoms with Gasteiger partial charge in [-0.1, -0.05) is 12.1 Å². The molecule has 6 heteroatoms. The van der Waals surface area contributed by atoms with Gasteiger partial charge in [-0.2, -0.15) is 0 Å². The molecule has 1 aromatic rings. The fourth-order valence-electron chi connectivity index (χ4n) is 3.69. The number of nitrogens with one attached hydrogen (secondary N) is 2. The molecule has 3 rings (SSSR count). The summed E-state index contributed by atoms with van der Waals surface area (Å²) in [6.07, 6.45) is 4.28. The van der Waals surface area contributed by atoms with Gasteiger partial charge in [-0.15, -0.1) is 0 Å². The normalized spacial score (nSPS) is 19.6. The predicted octanol–water partition coefficient (Wildman–Crippen LogP) is 1.10. The second kappa shape index (κ2) is 7.87. The summed E-state index contributed by atoms with van der Waals surface area (Å²) in [6, 6.07) is 7.90. The number of hydrogen-bond donors (Lipinski definition) is 2. The van der Waals surface area contributed by atoms with Crippen LogP contribution in [-0.4, -0.2) is 55.5 Å². The summed E-state index contributed by atoms with van der Waals surface area (Å²) in [5.74, 6) is 1.08. The maximum Gasteiger partial charge on any atom is 0.234 e. The Labute approximate surface area is 148 Å². The number of ether oxygens (including phenoxy) is 1. The smallest absolute Gasteiger partial charge is 0.234 e. The average Bonchev–Trinajstić information content (AvgIpc) is 2.98. The molecule has 0 bridgehead atoms. The molecule has 1 aromatic carbocycles. The first-order chi connectivity index (χ1) is 12.1. The van der Waals surface area contributed by atoms with Gasteiger partial charge in [-0.3, -0.25) is 14.5 Å². The molecule has 2 fully saturated rings. The Bertz CT molecular complexity index is 607. The van der Waals surface area contributed by atoms with Crippen molar-refractivity contribution in [1.82, 2.24) is 15.5 Å². The first-order valence-corrected chi connectivity index (χ1v) is 9.02. The molecule has 2 heterocycles. The van der Waals surface area contributed by atoms with Gasteiger partial charge < -0.3 is 15.4 Å². The summed E-state index contributed by atoms with van der Waals surface area (Å²) in [6.45, 7) is 2.81. The van der Waals surface area contributed by atoms with Gasteiger partial charge in [-0.25, -0.2) is 0 Å². The van der Waals surface area contributed by atoms with E-state index in [9.17, 15) is 9.59 Å². The predicted molar refractivity (Wildman–Crippen MR) is 95.5 cm³/mol. The Kier molecular flexibility index (Phi) is 5.58. The number of piperidine rings is 1. The third-order valence-electron chi connectivity index (χ3n) is 5.31. The molecule has 2 aliphatic heterocycles. The minimum Gasteiger partial charge on any atom is -0.497 e. The highest BCUT2D eigenvalue weighted by Crippen LogP contribution is 2.31. The number of carbonyl (C=O) groups is 2. The van der Waals surface area contributed by atoms with Crippen LogP contribution in [0, 0.1) is 0 Å². The lowest BCUT2D eigenvalue weighted by molar-refractivity contribution is -0.123. The van der Waals surface area contributed by atoms with Crippen LogP contribution in [0.5, 0.6) is 5.75 Å². The second-order valence-corrected chi connectivity index (χ2v) is 7.05. The fraction of sp³-hybridized carbons (Fsp3) is 0.579. The Balaban J connectivity index is 1.35. The minimum atomic E-state index is -0.00156. The van der Waals surface area contributed by atoms with Gasteiger partial charge in [0.05, 0.1) is 13.7 Å². The monoisotopic (exact) mass is 345 g/mol. The van der Waals surface area contributed by atoms with Gasteiger partial charge in [0, 0.05) is 31.6 Å². The number of likely N-dealkylation sites (tertiary alicyclic amines) is 1. The van der Waals surface area contributed by atoms with E-state index in [0.717, 1.165) is 44.5 Å². The molecule has 2 saturated heterocycles. The molecular weight excluding hydrogens is 318 g/mol. The molecule has 25 heavy (non-hydrogen) atoms. The van der Waals surface area contributed by atoms with E-state index in [4.69, 9.17) is 4.74 Å². The van der Waals surface area contributed by atoms with Crippen molar-refractivity contribution < 1.29 is 14.3 Å². The first kappa shape index (κ1) is 17.7. The van der Waals surface area contributed by atoms with Crippen molar-refractivity contribution in [1.29, 1.82) is 0 Å². The van der Waals surface area contributed by atoms with E-state index in [1.165, 1.54) is 5.56 Å². The summed E-state index contributed by atoms with van der Waals surface area (Å²) in [4.78, 5) is 25.8. The number of carbonyl (C=O) groups excluding carboxylic acids is 2. The van der Waals surface area contributed by atoms with Crippen molar-refractivity contribution in [3.8, 4) is 5.75 Å². The molecule has 0 saturated carbocycles. The van der Waals surface area contributed by atoms with E-state index in [-0.39, 0.29) is 17.4 Å². The highest BCUT2D eigenvalue weighted by atomic mass is 16.5. The van der Waals surface area contributed by atoms with Gasteiger partial charge in [0.1, 0.15) is 5.75 Å². The van der Waals surface area contributed by atoms with Crippen molar-refractivity contribution in [3.05, 3.63) is 29.8 Å². The van der Waals surface area contributed by atoms with E-state index >= 15 is 0 Å². The molecule has 6 nitrogen and oxygen atoms in total. The molecule has 0 radical (unpaired) electrons. The maximum atomic E-state index is 12.1. The lowest BCUT2D eigenvalue weighted by atomic mass is 9.86. The summed E-state index contributed by atoms with van der Waals surface area (Å²) in [5, 5.41) is 6.12. The second-order valence-electron chi connectivity index (χ2n) is 7.05. The van der Waals surface area contributed by atoms with Crippen LogP contribution in [-0.2, 0) is 16.0 Å². The number of methoxy groups -OCH3 is 1. The zero-order valence-electron chi connectivity index (χ0n) is 14.8. The summed E-state index contributed by atoms with van der Waals surface area (Å²) in [5.41, 5.74) is 1.18. The third-order valence-corrected chi connectivity index (χ3v) is 5.31. The van der Waals surface area contributed by atoms with Crippen LogP contribution in [0.25, 0.3) is 0 Å². The van der Waals surface area contributed by atoms with E-state index in [2.05, 4.69) is 15.5 Å². The highest BCUT2D eigenvalue weighted by Gasteiger charge is 2.40. The van der Waals surface area contributed by atoms with Crippen molar-refractivity contribution >= 4 is 11.8 Å². The van der Waals surface area contributed by atoms with Crippen molar-refractivity contribution in [3.63, 3.8) is 0 Å². The Morgan fingerprint density at radius 1 is 1.24 bits per heavy atom. The molecule has 136 valence electrons. The zero-order valence-corrected chi connectivity index (χ0v) is 14.8. The molecular formula is C19H27N3O3. The van der Waals surface area contributed by atoms with Gasteiger partial charge in [0.25, 0.3) is 0 Å². The Hall–Kier alpha value is -2.08. The van der Waals surface area contributed by atoms with E-state index in [0.29, 0.717) is 19.5 Å². The van der Waals surface area contributed by atoms with Crippen LogP contribution in [0.2, 0.25) is 0 Å². The number of hydrogen-bond acceptors (Lipinski definition) is 4. The Morgan fingerprint density at radius 2 is 1.96 bits per heavy atom. The maximum absolute atomic E-state index is 12.1. The van der Waals surface area contributed by atoms with Crippen LogP contribution < -0.4 is 15.4 Å². The summed E-state index contributed by atoms with van der Waals surface area (Å²) in [7, 11) is 1.65. The van der Waals surface area contributed by atoms with Crippen LogP contribution in [0.3, 0.4) is 0 Å². The molecule has 0 aromatic heterocycles. The molecule has 1 spiro atoms. The van der Waals surface area contributed by atoms with E-state index in [1.807, 2.05) is 24.3 Å². The topological polar surface area (TPSA) is 70.7 Å². The lowest BCUT2D eigenvalue weighted by Gasteiger charge is -2.38. The molecule has 2 N–H and O–H groups in total. The van der Waals surface area contributed by atoms with Crippen LogP contribution in [0.4, 0.5) is 0 Å². The van der Waals surface area contributed by atoms with Crippen LogP contribution in [0.1, 0.15) is 31.2 Å². The van der Waals surface area contributed by atoms with Gasteiger partial charge in [0.2, 0.25) is 11.8 Å². The standard InChI is InChI=1S/C19H27N3O3/c1-25-16-4-2-15(3-5-16)7-11-20-18(24)14-22-12-9-19(10-13-22)8-6-17(23)21-19/h2-5H,6-14H2,1H3,(H,20,24)(H,21,23). The lowest BCUT2D eigenvalue weighted by Crippen LogP contribution is -2.52. The number of benzene rings is 1. The first-order valence-electron chi connectivity index (χ1n) is 9.02. The average molecular weight is 345 g/mol. The molecule has 2 amide bonds. The minimum absolute atomic E-state index is 0.00156. The van der Waals surface area contributed by atoms with Gasteiger partial charge >= 0.3 is 0 Å². The van der Waals surface area contributed by atoms with Crippen molar-refractivity contribution in [2.45, 2.75) is 37.6 Å². The van der Waals surface area contributed by atoms with E-state index < -0.39 is 0 Å². The zero-order chi connectivity index (χ0) is 17.7. The molecule has 0 atom stereocenters. The Morgan fingerprint density at radius 3 is 2.56 bits per heavy atom. The molecule has 0 aliphatic carbocycles. The quantitative estimate of drug-likeness (QED) is 0.810. The third kappa shape index (κ3) is 4.72. The van der Waals surface area contributed by atoms with Gasteiger partial charge in [0.15, 0.2) is 0 Å². The van der Waals surface area contributed by atoms with Crippen LogP contribution >= 0.6 is 0 Å². The summed E-state index contributed by atoms with van der Waals surface area (Å²) < 4.78 is 5.14. The van der Waals surface area contributed by atoms with E-state index in [1.54, 1.807) is 7.11 Å². The van der Waals surface area contributed by atoms with Crippen molar-refractivity contribution in [2.24, 2.45) is 0 Å². The molecule has 0 unspecified atom stereocenters. The number of nitrogens with zero attached hydrogens (tertiary/aromatic N) is 1. The van der Waals surface area contributed by atoms with Crippen LogP contribution in [0.15, 0.2) is 24.3 Å². The highest BCUT2D eigenvalue weighted by molar-refractivity contribution is 5.79. The van der Waals surface area contributed by atoms with Gasteiger partial charge in [-0.05, 0) is 43.4 Å². The molecule has 2 aliphatic rings.